The van der Waals surface area contributed by atoms with Crippen LogP contribution >= 0.6 is 0 Å². The quantitative estimate of drug-likeness (QED) is 0.684. The Labute approximate surface area is 146 Å². The normalized spacial score (nSPS) is 13.9. The van der Waals surface area contributed by atoms with Gasteiger partial charge < -0.3 is 20.4 Å². The highest BCUT2D eigenvalue weighted by molar-refractivity contribution is 6.22. The molecule has 0 aromatic heterocycles. The number of fused-ring (bicyclic) bond motifs is 1. The summed E-state index contributed by atoms with van der Waals surface area (Å²) < 4.78 is 0. The number of nitrogens with one attached hydrogen (secondary N) is 1. The number of aliphatic hydroxyl groups is 2. The first kappa shape index (κ1) is 18.9. The van der Waals surface area contributed by atoms with E-state index in [2.05, 4.69) is 5.32 Å². The summed E-state index contributed by atoms with van der Waals surface area (Å²) in [5.41, 5.74) is 0.269. The monoisotopic (exact) mass is 349 g/mol. The summed E-state index contributed by atoms with van der Waals surface area (Å²) in [4.78, 5) is 39.6. The van der Waals surface area contributed by atoms with Gasteiger partial charge in [-0.1, -0.05) is 0 Å². The standard InChI is InChI=1S/C17H23N3O5/c1-17(2,3)20-14(23)12-5-4-11(10-13(12)15(20)24)18-16(25)19(6-8-21)7-9-22/h4-5,10,21-22H,6-9H2,1-3H3,(H,18,25). The molecule has 4 amide bonds. The number of rotatable bonds is 5. The van der Waals surface area contributed by atoms with Crippen molar-refractivity contribution in [1.82, 2.24) is 9.80 Å². The van der Waals surface area contributed by atoms with Crippen molar-refractivity contribution in [2.45, 2.75) is 26.3 Å². The maximum Gasteiger partial charge on any atom is 0.321 e. The van der Waals surface area contributed by atoms with Crippen LogP contribution < -0.4 is 5.32 Å². The Morgan fingerprint density at radius 2 is 1.64 bits per heavy atom. The number of aliphatic hydroxyl groups excluding tert-OH is 2. The molecule has 0 atom stereocenters. The van der Waals surface area contributed by atoms with Crippen molar-refractivity contribution < 1.29 is 24.6 Å². The lowest BCUT2D eigenvalue weighted by molar-refractivity contribution is 0.0507. The molecule has 8 heteroatoms. The fourth-order valence-electron chi connectivity index (χ4n) is 2.69. The maximum absolute atomic E-state index is 12.5. The van der Waals surface area contributed by atoms with Gasteiger partial charge in [-0.3, -0.25) is 14.5 Å². The zero-order chi connectivity index (χ0) is 18.8. The Kier molecular flexibility index (Phi) is 5.44. The largest absolute Gasteiger partial charge is 0.395 e. The second-order valence-electron chi connectivity index (χ2n) is 6.74. The average Bonchev–Trinajstić information content (AvgIpc) is 2.78. The minimum atomic E-state index is -0.643. The molecule has 1 aliphatic rings. The molecule has 8 nitrogen and oxygen atoms in total. The Balaban J connectivity index is 2.23. The number of carbonyl (C=O) groups is 3. The molecule has 0 spiro atoms. The zero-order valence-electron chi connectivity index (χ0n) is 14.6. The molecule has 0 fully saturated rings. The third-order valence-corrected chi connectivity index (χ3v) is 3.84. The lowest BCUT2D eigenvalue weighted by atomic mass is 10.1. The van der Waals surface area contributed by atoms with Crippen molar-refractivity contribution >= 4 is 23.5 Å². The summed E-state index contributed by atoms with van der Waals surface area (Å²) in [6.45, 7) is 5.02. The molecule has 0 aliphatic carbocycles. The van der Waals surface area contributed by atoms with Crippen LogP contribution in [0.5, 0.6) is 0 Å². The molecule has 25 heavy (non-hydrogen) atoms. The first-order valence-electron chi connectivity index (χ1n) is 8.01. The lowest BCUT2D eigenvalue weighted by Gasteiger charge is -2.29. The first-order chi connectivity index (χ1) is 11.7. The fraction of sp³-hybridized carbons (Fsp3) is 0.471. The van der Waals surface area contributed by atoms with Crippen LogP contribution in [0.4, 0.5) is 10.5 Å². The molecule has 1 heterocycles. The van der Waals surface area contributed by atoms with Crippen LogP contribution in [-0.2, 0) is 0 Å². The van der Waals surface area contributed by atoms with E-state index in [1.807, 2.05) is 0 Å². The minimum Gasteiger partial charge on any atom is -0.395 e. The van der Waals surface area contributed by atoms with Gasteiger partial charge in [-0.05, 0) is 39.0 Å². The summed E-state index contributed by atoms with van der Waals surface area (Å²) in [6, 6.07) is 4.02. The highest BCUT2D eigenvalue weighted by atomic mass is 16.3. The molecule has 1 aromatic carbocycles. The van der Waals surface area contributed by atoms with E-state index in [-0.39, 0.29) is 37.8 Å². The van der Waals surface area contributed by atoms with Crippen LogP contribution in [-0.4, -0.2) is 69.7 Å². The van der Waals surface area contributed by atoms with Gasteiger partial charge in [0, 0.05) is 24.3 Å². The van der Waals surface area contributed by atoms with Crippen LogP contribution in [0.1, 0.15) is 41.5 Å². The molecule has 0 unspecified atom stereocenters. The summed E-state index contributed by atoms with van der Waals surface area (Å²) in [7, 11) is 0. The summed E-state index contributed by atoms with van der Waals surface area (Å²) in [5.74, 6) is -0.751. The van der Waals surface area contributed by atoms with Gasteiger partial charge in [0.1, 0.15) is 0 Å². The van der Waals surface area contributed by atoms with Crippen molar-refractivity contribution in [2.24, 2.45) is 0 Å². The van der Waals surface area contributed by atoms with Crippen molar-refractivity contribution in [3.63, 3.8) is 0 Å². The van der Waals surface area contributed by atoms with Gasteiger partial charge in [-0.2, -0.15) is 0 Å². The van der Waals surface area contributed by atoms with E-state index in [1.54, 1.807) is 26.8 Å². The van der Waals surface area contributed by atoms with Gasteiger partial charge in [0.15, 0.2) is 0 Å². The Bertz CT molecular complexity index is 690. The molecule has 0 saturated heterocycles. The highest BCUT2D eigenvalue weighted by Gasteiger charge is 2.41. The Morgan fingerprint density at radius 3 is 2.16 bits per heavy atom. The van der Waals surface area contributed by atoms with E-state index in [0.29, 0.717) is 11.3 Å². The minimum absolute atomic E-state index is 0.0759. The molecule has 3 N–H and O–H groups in total. The number of imide groups is 1. The molecule has 0 radical (unpaired) electrons. The number of nitrogens with zero attached hydrogens (tertiary/aromatic N) is 2. The number of benzene rings is 1. The maximum atomic E-state index is 12.5. The third kappa shape index (κ3) is 3.80. The highest BCUT2D eigenvalue weighted by Crippen LogP contribution is 2.30. The Hall–Kier alpha value is -2.45. The van der Waals surface area contributed by atoms with Crippen molar-refractivity contribution in [2.75, 3.05) is 31.6 Å². The van der Waals surface area contributed by atoms with E-state index in [9.17, 15) is 14.4 Å². The van der Waals surface area contributed by atoms with E-state index in [1.165, 1.54) is 21.9 Å². The van der Waals surface area contributed by atoms with Gasteiger partial charge in [0.2, 0.25) is 0 Å². The van der Waals surface area contributed by atoms with Gasteiger partial charge in [-0.25, -0.2) is 4.79 Å². The molecule has 1 aromatic rings. The van der Waals surface area contributed by atoms with Crippen LogP contribution in [0.3, 0.4) is 0 Å². The number of hydrogen-bond acceptors (Lipinski definition) is 5. The van der Waals surface area contributed by atoms with E-state index < -0.39 is 17.5 Å². The summed E-state index contributed by atoms with van der Waals surface area (Å²) in [6.07, 6.45) is 0. The smallest absolute Gasteiger partial charge is 0.321 e. The second-order valence-corrected chi connectivity index (χ2v) is 6.74. The third-order valence-electron chi connectivity index (χ3n) is 3.84. The Morgan fingerprint density at radius 1 is 1.08 bits per heavy atom. The number of anilines is 1. The van der Waals surface area contributed by atoms with Crippen LogP contribution in [0, 0.1) is 0 Å². The van der Waals surface area contributed by atoms with Crippen LogP contribution in [0.2, 0.25) is 0 Å². The molecule has 0 bridgehead atoms. The van der Waals surface area contributed by atoms with Gasteiger partial charge in [0.05, 0.1) is 24.3 Å². The number of hydrogen-bond donors (Lipinski definition) is 3. The molecule has 0 saturated carbocycles. The van der Waals surface area contributed by atoms with Crippen molar-refractivity contribution in [3.8, 4) is 0 Å². The number of carbonyl (C=O) groups excluding carboxylic acids is 3. The van der Waals surface area contributed by atoms with Gasteiger partial charge in [0.25, 0.3) is 11.8 Å². The van der Waals surface area contributed by atoms with Gasteiger partial charge in [-0.15, -0.1) is 0 Å². The predicted molar refractivity (Wildman–Crippen MR) is 91.5 cm³/mol. The zero-order valence-corrected chi connectivity index (χ0v) is 14.6. The molecule has 1 aliphatic heterocycles. The van der Waals surface area contributed by atoms with E-state index in [0.717, 1.165) is 0 Å². The van der Waals surface area contributed by atoms with Gasteiger partial charge >= 0.3 is 6.03 Å². The average molecular weight is 349 g/mol. The lowest BCUT2D eigenvalue weighted by Crippen LogP contribution is -2.45. The first-order valence-corrected chi connectivity index (χ1v) is 8.01. The number of amides is 4. The topological polar surface area (TPSA) is 110 Å². The van der Waals surface area contributed by atoms with Crippen LogP contribution in [0.25, 0.3) is 0 Å². The molecule has 136 valence electrons. The van der Waals surface area contributed by atoms with Crippen LogP contribution in [0.15, 0.2) is 18.2 Å². The van der Waals surface area contributed by atoms with Crippen molar-refractivity contribution in [1.29, 1.82) is 0 Å². The predicted octanol–water partition coefficient (Wildman–Crippen LogP) is 0.900. The van der Waals surface area contributed by atoms with E-state index in [4.69, 9.17) is 10.2 Å². The second kappa shape index (κ2) is 7.20. The van der Waals surface area contributed by atoms with Crippen molar-refractivity contribution in [3.05, 3.63) is 29.3 Å². The molecular formula is C17H23N3O5. The summed E-state index contributed by atoms with van der Waals surface area (Å²) in [5, 5.41) is 20.6. The molecular weight excluding hydrogens is 326 g/mol. The summed E-state index contributed by atoms with van der Waals surface area (Å²) >= 11 is 0. The van der Waals surface area contributed by atoms with E-state index >= 15 is 0 Å². The number of urea groups is 1. The SMILES string of the molecule is CC(C)(C)N1C(=O)c2ccc(NC(=O)N(CCO)CCO)cc2C1=O. The fourth-order valence-corrected chi connectivity index (χ4v) is 2.69. The molecule has 2 rings (SSSR count).